The second kappa shape index (κ2) is 11.2. The Balaban J connectivity index is 1.23. The molecule has 9 heteroatoms. The van der Waals surface area contributed by atoms with E-state index in [2.05, 4.69) is 25.5 Å². The van der Waals surface area contributed by atoms with Gasteiger partial charge in [0.25, 0.3) is 5.91 Å². The van der Waals surface area contributed by atoms with Gasteiger partial charge in [-0.3, -0.25) is 9.69 Å². The summed E-state index contributed by atoms with van der Waals surface area (Å²) >= 11 is 0. The number of nitrogen functional groups attached to an aromatic ring is 1. The van der Waals surface area contributed by atoms with E-state index in [-0.39, 0.29) is 5.91 Å². The minimum atomic E-state index is -0.0923. The molecule has 37 heavy (non-hydrogen) atoms. The summed E-state index contributed by atoms with van der Waals surface area (Å²) < 4.78 is 11.4. The van der Waals surface area contributed by atoms with E-state index in [0.717, 1.165) is 54.9 Å². The molecule has 0 radical (unpaired) electrons. The standard InChI is InChI=1S/C28H30N6O3/c1-19-18-20(27(35)30-12-13-34-14-16-36-17-15-34)6-8-24(19)32-28-31-11-10-26(33-28)37-25-9-7-23(29)21-4-2-3-5-22(21)25/h2-11,18H,12-17,29H2,1H3,(H,30,35)(H,31,32,33). The van der Waals surface area contributed by atoms with Gasteiger partial charge in [-0.05, 0) is 42.8 Å². The molecule has 1 saturated heterocycles. The van der Waals surface area contributed by atoms with Crippen LogP contribution in [0.3, 0.4) is 0 Å². The van der Waals surface area contributed by atoms with Gasteiger partial charge in [-0.1, -0.05) is 24.3 Å². The lowest BCUT2D eigenvalue weighted by Gasteiger charge is -2.26. The first kappa shape index (κ1) is 24.5. The Morgan fingerprint density at radius 2 is 1.89 bits per heavy atom. The van der Waals surface area contributed by atoms with Crippen LogP contribution < -0.4 is 21.1 Å². The molecule has 1 fully saturated rings. The maximum Gasteiger partial charge on any atom is 0.251 e. The first-order valence-electron chi connectivity index (χ1n) is 12.3. The highest BCUT2D eigenvalue weighted by Crippen LogP contribution is 2.32. The molecule has 1 amide bonds. The van der Waals surface area contributed by atoms with Crippen LogP contribution in [0.2, 0.25) is 0 Å². The van der Waals surface area contributed by atoms with E-state index < -0.39 is 0 Å². The van der Waals surface area contributed by atoms with Crippen molar-refractivity contribution >= 4 is 34.0 Å². The Morgan fingerprint density at radius 3 is 2.70 bits per heavy atom. The van der Waals surface area contributed by atoms with E-state index in [4.69, 9.17) is 15.2 Å². The van der Waals surface area contributed by atoms with Gasteiger partial charge in [0, 0.05) is 66.2 Å². The second-order valence-corrected chi connectivity index (χ2v) is 8.88. The summed E-state index contributed by atoms with van der Waals surface area (Å²) in [5.74, 6) is 1.37. The van der Waals surface area contributed by atoms with Gasteiger partial charge < -0.3 is 25.8 Å². The highest BCUT2D eigenvalue weighted by molar-refractivity contribution is 5.97. The van der Waals surface area contributed by atoms with Crippen molar-refractivity contribution in [1.29, 1.82) is 0 Å². The summed E-state index contributed by atoms with van der Waals surface area (Å²) in [6.07, 6.45) is 1.63. The Labute approximate surface area is 215 Å². The maximum absolute atomic E-state index is 12.6. The van der Waals surface area contributed by atoms with Gasteiger partial charge in [0.15, 0.2) is 0 Å². The number of nitrogens with zero attached hydrogens (tertiary/aromatic N) is 3. The number of benzene rings is 3. The van der Waals surface area contributed by atoms with Crippen LogP contribution in [0.1, 0.15) is 15.9 Å². The van der Waals surface area contributed by atoms with E-state index in [0.29, 0.717) is 35.4 Å². The predicted octanol–water partition coefficient (Wildman–Crippen LogP) is 4.12. The van der Waals surface area contributed by atoms with Crippen molar-refractivity contribution in [3.8, 4) is 11.6 Å². The molecule has 0 unspecified atom stereocenters. The molecule has 1 aromatic heterocycles. The van der Waals surface area contributed by atoms with Crippen molar-refractivity contribution in [2.45, 2.75) is 6.92 Å². The Hall–Kier alpha value is -4.21. The van der Waals surface area contributed by atoms with Crippen molar-refractivity contribution < 1.29 is 14.3 Å². The summed E-state index contributed by atoms with van der Waals surface area (Å²) in [7, 11) is 0. The first-order valence-corrected chi connectivity index (χ1v) is 12.3. The third kappa shape index (κ3) is 5.96. The van der Waals surface area contributed by atoms with Crippen molar-refractivity contribution in [3.05, 3.63) is 78.0 Å². The molecule has 4 N–H and O–H groups in total. The van der Waals surface area contributed by atoms with Crippen LogP contribution in [-0.2, 0) is 4.74 Å². The van der Waals surface area contributed by atoms with Crippen LogP contribution in [0.4, 0.5) is 17.3 Å². The second-order valence-electron chi connectivity index (χ2n) is 8.88. The number of hydrogen-bond acceptors (Lipinski definition) is 8. The Bertz CT molecular complexity index is 1400. The number of nitrogens with two attached hydrogens (primary N) is 1. The predicted molar refractivity (Wildman–Crippen MR) is 145 cm³/mol. The molecule has 4 aromatic rings. The number of ether oxygens (including phenoxy) is 2. The number of carbonyl (C=O) groups excluding carboxylic acids is 1. The fourth-order valence-corrected chi connectivity index (χ4v) is 4.28. The smallest absolute Gasteiger partial charge is 0.251 e. The largest absolute Gasteiger partial charge is 0.438 e. The SMILES string of the molecule is Cc1cc(C(=O)NCCN2CCOCC2)ccc1Nc1nccc(Oc2ccc(N)c3ccccc23)n1. The quantitative estimate of drug-likeness (QED) is 0.311. The molecule has 0 aliphatic carbocycles. The van der Waals surface area contributed by atoms with Gasteiger partial charge in [0.2, 0.25) is 11.8 Å². The van der Waals surface area contributed by atoms with E-state index in [1.807, 2.05) is 55.5 Å². The molecule has 1 aliphatic heterocycles. The van der Waals surface area contributed by atoms with Gasteiger partial charge in [-0.25, -0.2) is 4.98 Å². The summed E-state index contributed by atoms with van der Waals surface area (Å²) in [4.78, 5) is 23.7. The van der Waals surface area contributed by atoms with Crippen LogP contribution >= 0.6 is 0 Å². The van der Waals surface area contributed by atoms with Crippen molar-refractivity contribution in [2.75, 3.05) is 50.4 Å². The van der Waals surface area contributed by atoms with E-state index in [9.17, 15) is 4.79 Å². The summed E-state index contributed by atoms with van der Waals surface area (Å²) in [5.41, 5.74) is 9.11. The topological polar surface area (TPSA) is 115 Å². The molecular weight excluding hydrogens is 468 g/mol. The van der Waals surface area contributed by atoms with E-state index in [1.165, 1.54) is 0 Å². The van der Waals surface area contributed by atoms with Gasteiger partial charge in [-0.15, -0.1) is 0 Å². The molecule has 0 bridgehead atoms. The molecule has 1 aliphatic rings. The van der Waals surface area contributed by atoms with Crippen LogP contribution in [0.25, 0.3) is 10.8 Å². The highest BCUT2D eigenvalue weighted by Gasteiger charge is 2.13. The lowest BCUT2D eigenvalue weighted by molar-refractivity contribution is 0.0383. The number of rotatable bonds is 8. The number of nitrogens with one attached hydrogen (secondary N) is 2. The third-order valence-corrected chi connectivity index (χ3v) is 6.31. The van der Waals surface area contributed by atoms with E-state index >= 15 is 0 Å². The summed E-state index contributed by atoms with van der Waals surface area (Å²) in [6.45, 7) is 6.66. The van der Waals surface area contributed by atoms with Crippen molar-refractivity contribution in [2.24, 2.45) is 0 Å². The summed E-state index contributed by atoms with van der Waals surface area (Å²) in [5, 5.41) is 8.05. The average Bonchev–Trinajstić information content (AvgIpc) is 2.92. The van der Waals surface area contributed by atoms with Crippen LogP contribution in [0, 0.1) is 6.92 Å². The van der Waals surface area contributed by atoms with Crippen molar-refractivity contribution in [1.82, 2.24) is 20.2 Å². The fourth-order valence-electron chi connectivity index (χ4n) is 4.28. The maximum atomic E-state index is 12.6. The number of carbonyl (C=O) groups is 1. The monoisotopic (exact) mass is 498 g/mol. The number of amides is 1. The molecule has 0 atom stereocenters. The first-order chi connectivity index (χ1) is 18.1. The van der Waals surface area contributed by atoms with Gasteiger partial charge >= 0.3 is 0 Å². The molecular formula is C28H30N6O3. The number of aryl methyl sites for hydroxylation is 1. The normalized spacial score (nSPS) is 13.9. The molecule has 2 heterocycles. The fraction of sp³-hybridized carbons (Fsp3) is 0.250. The molecule has 9 nitrogen and oxygen atoms in total. The Morgan fingerprint density at radius 1 is 1.08 bits per heavy atom. The number of aromatic nitrogens is 2. The van der Waals surface area contributed by atoms with Gasteiger partial charge in [0.05, 0.1) is 13.2 Å². The minimum Gasteiger partial charge on any atom is -0.438 e. The zero-order chi connectivity index (χ0) is 25.6. The highest BCUT2D eigenvalue weighted by atomic mass is 16.5. The number of anilines is 3. The molecule has 190 valence electrons. The van der Waals surface area contributed by atoms with Crippen molar-refractivity contribution in [3.63, 3.8) is 0 Å². The van der Waals surface area contributed by atoms with E-state index in [1.54, 1.807) is 18.3 Å². The van der Waals surface area contributed by atoms with Crippen LogP contribution in [0.5, 0.6) is 11.6 Å². The molecule has 5 rings (SSSR count). The number of hydrogen-bond donors (Lipinski definition) is 3. The van der Waals surface area contributed by atoms with Gasteiger partial charge in [0.1, 0.15) is 5.75 Å². The zero-order valence-electron chi connectivity index (χ0n) is 20.7. The van der Waals surface area contributed by atoms with Gasteiger partial charge in [-0.2, -0.15) is 4.98 Å². The zero-order valence-corrected chi connectivity index (χ0v) is 20.7. The van der Waals surface area contributed by atoms with Crippen LogP contribution in [-0.4, -0.2) is 60.2 Å². The average molecular weight is 499 g/mol. The Kier molecular flexibility index (Phi) is 7.43. The lowest BCUT2D eigenvalue weighted by atomic mass is 10.1. The molecule has 0 spiro atoms. The lowest BCUT2D eigenvalue weighted by Crippen LogP contribution is -2.41. The van der Waals surface area contributed by atoms with Crippen LogP contribution in [0.15, 0.2) is 66.9 Å². The number of fused-ring (bicyclic) bond motifs is 1. The summed E-state index contributed by atoms with van der Waals surface area (Å²) in [6, 6.07) is 18.7. The minimum absolute atomic E-state index is 0.0923. The molecule has 0 saturated carbocycles. The third-order valence-electron chi connectivity index (χ3n) is 6.31. The molecule has 3 aromatic carbocycles. The number of morpholine rings is 1.